The van der Waals surface area contributed by atoms with E-state index in [2.05, 4.69) is 20.6 Å². The Morgan fingerprint density at radius 3 is 2.33 bits per heavy atom. The number of hydrogen-bond acceptors (Lipinski definition) is 6. The number of benzene rings is 2. The molecule has 184 valence electrons. The average Bonchev–Trinajstić information content (AvgIpc) is 2.91. The van der Waals surface area contributed by atoms with Crippen molar-refractivity contribution in [2.45, 2.75) is 19.4 Å². The Kier molecular flexibility index (Phi) is 7.87. The minimum atomic E-state index is -0.564. The summed E-state index contributed by atoms with van der Waals surface area (Å²) in [6, 6.07) is 21.6. The first kappa shape index (κ1) is 24.8. The SMILES string of the molecule is C[C@@H](c1ccc(F)cc1)c1ccc(C(N)=O)c(NCc2ccc(-c3ccc(NCCO)nc3)cc2)n1. The second-order valence-electron chi connectivity index (χ2n) is 8.40. The standard InChI is InChI=1S/C28H28FN5O2/c1-18(20-6-9-23(29)10-7-20)25-12-11-24(27(30)36)28(34-25)33-16-19-2-4-21(5-3-19)22-8-13-26(32-17-22)31-14-15-35/h2-13,17-18,35H,14-16H2,1H3,(H2,30,36)(H,31,32)(H,33,34)/t18-/m0/s1. The van der Waals surface area contributed by atoms with Crippen molar-refractivity contribution in [3.8, 4) is 11.1 Å². The quantitative estimate of drug-likeness (QED) is 0.262. The maximum Gasteiger partial charge on any atom is 0.252 e. The molecule has 7 nitrogen and oxygen atoms in total. The molecular weight excluding hydrogens is 457 g/mol. The van der Waals surface area contributed by atoms with Gasteiger partial charge in [0.1, 0.15) is 17.5 Å². The van der Waals surface area contributed by atoms with E-state index in [0.29, 0.717) is 30.3 Å². The third-order valence-electron chi connectivity index (χ3n) is 5.92. The number of halogens is 1. The Morgan fingerprint density at radius 2 is 1.69 bits per heavy atom. The molecule has 0 saturated heterocycles. The average molecular weight is 486 g/mol. The van der Waals surface area contributed by atoms with Crippen LogP contribution in [0.15, 0.2) is 79.0 Å². The first-order chi connectivity index (χ1) is 17.4. The molecule has 0 fully saturated rings. The number of pyridine rings is 2. The summed E-state index contributed by atoms with van der Waals surface area (Å²) >= 11 is 0. The largest absolute Gasteiger partial charge is 0.395 e. The predicted molar refractivity (Wildman–Crippen MR) is 139 cm³/mol. The molecule has 0 bridgehead atoms. The number of hydrogen-bond donors (Lipinski definition) is 4. The van der Waals surface area contributed by atoms with Gasteiger partial charge in [-0.1, -0.05) is 43.3 Å². The van der Waals surface area contributed by atoms with Crippen LogP contribution < -0.4 is 16.4 Å². The van der Waals surface area contributed by atoms with Gasteiger partial charge in [-0.2, -0.15) is 0 Å². The number of nitrogens with zero attached hydrogens (tertiary/aromatic N) is 2. The molecule has 0 radical (unpaired) electrons. The lowest BCUT2D eigenvalue weighted by Gasteiger charge is -2.16. The Morgan fingerprint density at radius 1 is 0.972 bits per heavy atom. The summed E-state index contributed by atoms with van der Waals surface area (Å²) in [5.74, 6) is 0.173. The summed E-state index contributed by atoms with van der Waals surface area (Å²) in [5, 5.41) is 15.2. The zero-order chi connectivity index (χ0) is 25.5. The highest BCUT2D eigenvalue weighted by atomic mass is 19.1. The maximum atomic E-state index is 13.3. The molecule has 0 aliphatic rings. The number of aliphatic hydroxyl groups excluding tert-OH is 1. The number of nitrogens with one attached hydrogen (secondary N) is 2. The molecule has 2 heterocycles. The Hall–Kier alpha value is -4.30. The second-order valence-corrected chi connectivity index (χ2v) is 8.40. The minimum absolute atomic E-state index is 0.0486. The molecule has 0 unspecified atom stereocenters. The van der Waals surface area contributed by atoms with Gasteiger partial charge in [-0.15, -0.1) is 0 Å². The summed E-state index contributed by atoms with van der Waals surface area (Å²) in [4.78, 5) is 21.0. The first-order valence-electron chi connectivity index (χ1n) is 11.6. The number of carbonyl (C=O) groups is 1. The van der Waals surface area contributed by atoms with Crippen LogP contribution in [0.2, 0.25) is 0 Å². The Bertz CT molecular complexity index is 1310. The van der Waals surface area contributed by atoms with Crippen LogP contribution in [0.4, 0.5) is 16.0 Å². The number of aromatic nitrogens is 2. The fourth-order valence-electron chi connectivity index (χ4n) is 3.83. The van der Waals surface area contributed by atoms with Gasteiger partial charge in [0.15, 0.2) is 0 Å². The molecule has 4 aromatic rings. The summed E-state index contributed by atoms with van der Waals surface area (Å²) in [6.45, 7) is 2.93. The zero-order valence-electron chi connectivity index (χ0n) is 19.9. The molecule has 5 N–H and O–H groups in total. The predicted octanol–water partition coefficient (Wildman–Crippen LogP) is 4.55. The number of nitrogens with two attached hydrogens (primary N) is 1. The lowest BCUT2D eigenvalue weighted by Crippen LogP contribution is -2.16. The van der Waals surface area contributed by atoms with Crippen LogP contribution in [-0.4, -0.2) is 34.1 Å². The van der Waals surface area contributed by atoms with E-state index in [9.17, 15) is 9.18 Å². The van der Waals surface area contributed by atoms with Gasteiger partial charge in [-0.05, 0) is 53.1 Å². The Balaban J connectivity index is 1.47. The minimum Gasteiger partial charge on any atom is -0.395 e. The third-order valence-corrected chi connectivity index (χ3v) is 5.92. The highest BCUT2D eigenvalue weighted by molar-refractivity contribution is 5.97. The summed E-state index contributed by atoms with van der Waals surface area (Å²) in [5.41, 5.74) is 10.5. The molecule has 36 heavy (non-hydrogen) atoms. The molecule has 0 saturated carbocycles. The molecule has 0 aliphatic carbocycles. The van der Waals surface area contributed by atoms with Gasteiger partial charge in [0.05, 0.1) is 17.9 Å². The van der Waals surface area contributed by atoms with E-state index in [1.807, 2.05) is 43.3 Å². The van der Waals surface area contributed by atoms with Gasteiger partial charge >= 0.3 is 0 Å². The normalized spacial score (nSPS) is 11.6. The molecule has 2 aromatic carbocycles. The van der Waals surface area contributed by atoms with E-state index < -0.39 is 5.91 Å². The van der Waals surface area contributed by atoms with Gasteiger partial charge in [0.25, 0.3) is 5.91 Å². The van der Waals surface area contributed by atoms with Crippen LogP contribution in [0.25, 0.3) is 11.1 Å². The molecule has 1 atom stereocenters. The molecule has 4 rings (SSSR count). The second kappa shape index (κ2) is 11.4. The van der Waals surface area contributed by atoms with Crippen LogP contribution in [0.5, 0.6) is 0 Å². The van der Waals surface area contributed by atoms with Gasteiger partial charge in [-0.3, -0.25) is 4.79 Å². The lowest BCUT2D eigenvalue weighted by molar-refractivity contribution is 0.100. The summed E-state index contributed by atoms with van der Waals surface area (Å²) < 4.78 is 13.3. The molecule has 0 spiro atoms. The molecular formula is C28H28FN5O2. The fourth-order valence-corrected chi connectivity index (χ4v) is 3.83. The fraction of sp³-hybridized carbons (Fsp3) is 0.179. The van der Waals surface area contributed by atoms with E-state index in [1.54, 1.807) is 30.5 Å². The number of anilines is 2. The van der Waals surface area contributed by atoms with E-state index in [-0.39, 0.29) is 18.3 Å². The topological polar surface area (TPSA) is 113 Å². The monoisotopic (exact) mass is 485 g/mol. The highest BCUT2D eigenvalue weighted by Crippen LogP contribution is 2.26. The van der Waals surface area contributed by atoms with Crippen LogP contribution in [-0.2, 0) is 6.54 Å². The van der Waals surface area contributed by atoms with Crippen molar-refractivity contribution in [2.24, 2.45) is 5.73 Å². The van der Waals surface area contributed by atoms with E-state index >= 15 is 0 Å². The summed E-state index contributed by atoms with van der Waals surface area (Å²) in [7, 11) is 0. The van der Waals surface area contributed by atoms with Crippen LogP contribution >= 0.6 is 0 Å². The Labute approximate surface area is 209 Å². The number of amides is 1. The van der Waals surface area contributed by atoms with Crippen molar-refractivity contribution in [1.82, 2.24) is 9.97 Å². The number of carbonyl (C=O) groups excluding carboxylic acids is 1. The molecule has 1 amide bonds. The van der Waals surface area contributed by atoms with Crippen molar-refractivity contribution in [2.75, 3.05) is 23.8 Å². The zero-order valence-corrected chi connectivity index (χ0v) is 19.9. The smallest absolute Gasteiger partial charge is 0.252 e. The maximum absolute atomic E-state index is 13.3. The molecule has 0 aliphatic heterocycles. The number of primary amides is 1. The van der Waals surface area contributed by atoms with E-state index in [0.717, 1.165) is 27.9 Å². The molecule has 8 heteroatoms. The highest BCUT2D eigenvalue weighted by Gasteiger charge is 2.16. The van der Waals surface area contributed by atoms with Gasteiger partial charge in [-0.25, -0.2) is 14.4 Å². The van der Waals surface area contributed by atoms with Crippen molar-refractivity contribution in [3.05, 3.63) is 107 Å². The van der Waals surface area contributed by atoms with Gasteiger partial charge in [0.2, 0.25) is 0 Å². The van der Waals surface area contributed by atoms with Gasteiger partial charge < -0.3 is 21.5 Å². The third kappa shape index (κ3) is 6.03. The number of aliphatic hydroxyl groups is 1. The molecule has 2 aromatic heterocycles. The summed E-state index contributed by atoms with van der Waals surface area (Å²) in [6.07, 6.45) is 1.78. The van der Waals surface area contributed by atoms with Crippen LogP contribution in [0.3, 0.4) is 0 Å². The van der Waals surface area contributed by atoms with Crippen molar-refractivity contribution >= 4 is 17.5 Å². The van der Waals surface area contributed by atoms with Crippen molar-refractivity contribution in [1.29, 1.82) is 0 Å². The van der Waals surface area contributed by atoms with Crippen LogP contribution in [0.1, 0.15) is 40.0 Å². The van der Waals surface area contributed by atoms with Crippen molar-refractivity contribution in [3.63, 3.8) is 0 Å². The lowest BCUT2D eigenvalue weighted by atomic mass is 9.96. The van der Waals surface area contributed by atoms with E-state index in [4.69, 9.17) is 10.8 Å². The first-order valence-corrected chi connectivity index (χ1v) is 11.6. The van der Waals surface area contributed by atoms with Crippen molar-refractivity contribution < 1.29 is 14.3 Å². The number of rotatable bonds is 10. The van der Waals surface area contributed by atoms with Gasteiger partial charge in [0, 0.05) is 30.8 Å². The van der Waals surface area contributed by atoms with E-state index in [1.165, 1.54) is 12.1 Å². The van der Waals surface area contributed by atoms with Crippen LogP contribution in [0, 0.1) is 5.82 Å².